The van der Waals surface area contributed by atoms with Gasteiger partial charge in [0, 0.05) is 22.3 Å². The monoisotopic (exact) mass is 485 g/mol. The first-order valence-corrected chi connectivity index (χ1v) is 12.7. The first-order valence-electron chi connectivity index (χ1n) is 12.7. The number of hydrogen-bond acceptors (Lipinski definition) is 3. The Hall–Kier alpha value is -5.15. The minimum atomic E-state index is 0.659. The molecular weight excluding hydrogens is 462 g/mol. The minimum absolute atomic E-state index is 0.659. The van der Waals surface area contributed by atoms with Crippen LogP contribution in [0.5, 0.6) is 0 Å². The van der Waals surface area contributed by atoms with Crippen LogP contribution in [-0.4, -0.2) is 15.0 Å². The Kier molecular flexibility index (Phi) is 5.45. The molecule has 7 aromatic rings. The van der Waals surface area contributed by atoms with Crippen LogP contribution in [0.15, 0.2) is 140 Å². The van der Waals surface area contributed by atoms with E-state index in [4.69, 9.17) is 15.0 Å². The second kappa shape index (κ2) is 9.38. The molecule has 3 heteroatoms. The fourth-order valence-corrected chi connectivity index (χ4v) is 5.12. The van der Waals surface area contributed by atoms with Crippen LogP contribution in [-0.2, 0) is 0 Å². The highest BCUT2D eigenvalue weighted by Crippen LogP contribution is 2.40. The van der Waals surface area contributed by atoms with Gasteiger partial charge in [0.25, 0.3) is 0 Å². The van der Waals surface area contributed by atoms with Crippen molar-refractivity contribution in [2.45, 2.75) is 0 Å². The molecule has 0 radical (unpaired) electrons. The van der Waals surface area contributed by atoms with E-state index in [2.05, 4.69) is 78.9 Å². The highest BCUT2D eigenvalue weighted by Gasteiger charge is 2.18. The average Bonchev–Trinajstić information content (AvgIpc) is 3.01. The van der Waals surface area contributed by atoms with Gasteiger partial charge in [0.15, 0.2) is 17.5 Å². The molecule has 1 heterocycles. The Bertz CT molecular complexity index is 1850. The Morgan fingerprint density at radius 1 is 0.316 bits per heavy atom. The van der Waals surface area contributed by atoms with Crippen molar-refractivity contribution >= 4 is 21.5 Å². The lowest BCUT2D eigenvalue weighted by Gasteiger charge is -2.16. The van der Waals surface area contributed by atoms with E-state index >= 15 is 0 Å². The molecular formula is C35H23N3. The lowest BCUT2D eigenvalue weighted by Crippen LogP contribution is -2.01. The summed E-state index contributed by atoms with van der Waals surface area (Å²) in [7, 11) is 0. The molecule has 178 valence electrons. The van der Waals surface area contributed by atoms with Gasteiger partial charge in [0.05, 0.1) is 0 Å². The predicted octanol–water partition coefficient (Wildman–Crippen LogP) is 8.85. The van der Waals surface area contributed by atoms with E-state index < -0.39 is 0 Å². The zero-order valence-electron chi connectivity index (χ0n) is 20.6. The molecule has 0 atom stereocenters. The Morgan fingerprint density at radius 2 is 0.816 bits per heavy atom. The van der Waals surface area contributed by atoms with Gasteiger partial charge < -0.3 is 0 Å². The number of benzene rings is 6. The molecule has 6 aromatic carbocycles. The zero-order chi connectivity index (χ0) is 25.3. The molecule has 0 saturated carbocycles. The van der Waals surface area contributed by atoms with E-state index in [1.54, 1.807) is 0 Å². The quantitative estimate of drug-likeness (QED) is 0.250. The van der Waals surface area contributed by atoms with Crippen molar-refractivity contribution < 1.29 is 0 Å². The van der Waals surface area contributed by atoms with E-state index in [9.17, 15) is 0 Å². The molecule has 0 bridgehead atoms. The number of hydrogen-bond donors (Lipinski definition) is 0. The molecule has 38 heavy (non-hydrogen) atoms. The Balaban J connectivity index is 1.56. The second-order valence-electron chi connectivity index (χ2n) is 9.27. The largest absolute Gasteiger partial charge is 0.208 e. The van der Waals surface area contributed by atoms with Gasteiger partial charge in [-0.3, -0.25) is 0 Å². The maximum Gasteiger partial charge on any atom is 0.164 e. The molecule has 0 unspecified atom stereocenters. The fraction of sp³-hybridized carbons (Fsp3) is 0. The van der Waals surface area contributed by atoms with Crippen molar-refractivity contribution in [3.63, 3.8) is 0 Å². The lowest BCUT2D eigenvalue weighted by atomic mass is 9.90. The molecule has 0 N–H and O–H groups in total. The minimum Gasteiger partial charge on any atom is -0.208 e. The van der Waals surface area contributed by atoms with Crippen LogP contribution in [0.3, 0.4) is 0 Å². The maximum atomic E-state index is 5.05. The summed E-state index contributed by atoms with van der Waals surface area (Å²) < 4.78 is 0. The van der Waals surface area contributed by atoms with E-state index in [1.165, 1.54) is 21.5 Å². The van der Waals surface area contributed by atoms with E-state index in [0.29, 0.717) is 17.5 Å². The highest BCUT2D eigenvalue weighted by molar-refractivity contribution is 6.10. The first-order chi connectivity index (χ1) is 18.8. The first kappa shape index (κ1) is 22.1. The number of rotatable bonds is 4. The molecule has 0 saturated heterocycles. The van der Waals surface area contributed by atoms with Crippen LogP contribution in [0, 0.1) is 0 Å². The van der Waals surface area contributed by atoms with Crippen LogP contribution < -0.4 is 0 Å². The van der Waals surface area contributed by atoms with Crippen LogP contribution in [0.25, 0.3) is 66.8 Å². The van der Waals surface area contributed by atoms with Gasteiger partial charge in [-0.05, 0) is 33.2 Å². The van der Waals surface area contributed by atoms with E-state index in [-0.39, 0.29) is 0 Å². The molecule has 0 spiro atoms. The zero-order valence-corrected chi connectivity index (χ0v) is 20.6. The van der Waals surface area contributed by atoms with Gasteiger partial charge in [0.1, 0.15) is 0 Å². The van der Waals surface area contributed by atoms with Crippen molar-refractivity contribution in [3.8, 4) is 45.3 Å². The molecule has 0 aliphatic heterocycles. The number of aromatic nitrogens is 3. The van der Waals surface area contributed by atoms with Crippen LogP contribution >= 0.6 is 0 Å². The summed E-state index contributed by atoms with van der Waals surface area (Å²) in [5, 5.41) is 4.76. The molecule has 7 rings (SSSR count). The fourth-order valence-electron chi connectivity index (χ4n) is 5.12. The second-order valence-corrected chi connectivity index (χ2v) is 9.27. The number of nitrogens with zero attached hydrogens (tertiary/aromatic N) is 3. The average molecular weight is 486 g/mol. The molecule has 0 aliphatic rings. The van der Waals surface area contributed by atoms with Crippen molar-refractivity contribution in [2.75, 3.05) is 0 Å². The van der Waals surface area contributed by atoms with E-state index in [0.717, 1.165) is 27.8 Å². The summed E-state index contributed by atoms with van der Waals surface area (Å²) in [6.45, 7) is 0. The molecule has 0 amide bonds. The third-order valence-electron chi connectivity index (χ3n) is 6.93. The SMILES string of the molecule is c1ccc(-c2nc(-c3ccccc3)nc(-c3ccc4ccccc4c3-c3cccc4ccccc34)n2)cc1. The summed E-state index contributed by atoms with van der Waals surface area (Å²) in [5.41, 5.74) is 5.19. The van der Waals surface area contributed by atoms with Gasteiger partial charge in [-0.15, -0.1) is 0 Å². The highest BCUT2D eigenvalue weighted by atomic mass is 15.0. The topological polar surface area (TPSA) is 38.7 Å². The Labute approximate surface area is 221 Å². The van der Waals surface area contributed by atoms with Gasteiger partial charge in [0.2, 0.25) is 0 Å². The van der Waals surface area contributed by atoms with Crippen LogP contribution in [0.4, 0.5) is 0 Å². The standard InChI is InChI=1S/C35H23N3/c1-3-14-26(15-4-1)33-36-34(27-16-5-2-6-17-27)38-35(37-33)31-23-22-25-13-8-10-20-29(25)32(31)30-21-11-18-24-12-7-9-19-28(24)30/h1-23H. The summed E-state index contributed by atoms with van der Waals surface area (Å²) >= 11 is 0. The summed E-state index contributed by atoms with van der Waals surface area (Å²) in [4.78, 5) is 15.0. The van der Waals surface area contributed by atoms with Gasteiger partial charge >= 0.3 is 0 Å². The van der Waals surface area contributed by atoms with Crippen LogP contribution in [0.1, 0.15) is 0 Å². The Morgan fingerprint density at radius 3 is 1.47 bits per heavy atom. The lowest BCUT2D eigenvalue weighted by molar-refractivity contribution is 1.07. The van der Waals surface area contributed by atoms with Gasteiger partial charge in [-0.25, -0.2) is 15.0 Å². The maximum absolute atomic E-state index is 5.05. The van der Waals surface area contributed by atoms with Gasteiger partial charge in [-0.2, -0.15) is 0 Å². The molecule has 1 aromatic heterocycles. The number of fused-ring (bicyclic) bond motifs is 2. The third kappa shape index (κ3) is 3.91. The molecule has 0 fully saturated rings. The summed E-state index contributed by atoms with van der Waals surface area (Å²) in [6.07, 6.45) is 0. The normalized spacial score (nSPS) is 11.2. The predicted molar refractivity (Wildman–Crippen MR) is 157 cm³/mol. The molecule has 3 nitrogen and oxygen atoms in total. The summed E-state index contributed by atoms with van der Waals surface area (Å²) in [6, 6.07) is 48.1. The smallest absolute Gasteiger partial charge is 0.164 e. The van der Waals surface area contributed by atoms with Crippen molar-refractivity contribution in [3.05, 3.63) is 140 Å². The van der Waals surface area contributed by atoms with Crippen molar-refractivity contribution in [1.29, 1.82) is 0 Å². The molecule has 0 aliphatic carbocycles. The van der Waals surface area contributed by atoms with Crippen molar-refractivity contribution in [1.82, 2.24) is 15.0 Å². The van der Waals surface area contributed by atoms with Gasteiger partial charge in [-0.1, -0.05) is 133 Å². The van der Waals surface area contributed by atoms with Crippen molar-refractivity contribution in [2.24, 2.45) is 0 Å². The van der Waals surface area contributed by atoms with E-state index in [1.807, 2.05) is 60.7 Å². The summed E-state index contributed by atoms with van der Waals surface area (Å²) in [5.74, 6) is 1.98. The van der Waals surface area contributed by atoms with Crippen LogP contribution in [0.2, 0.25) is 0 Å². The third-order valence-corrected chi connectivity index (χ3v) is 6.93.